The van der Waals surface area contributed by atoms with E-state index in [1.54, 1.807) is 16.4 Å². The molecule has 2 aliphatic rings. The molecule has 9 heteroatoms. The van der Waals surface area contributed by atoms with E-state index in [1.807, 2.05) is 32.0 Å². The standard InChI is InChI=1S/C21H30N6O2S/c1-17-4-5-19(16-18(17)2)30(28,29)27-14-12-26(13-15-27)21-7-6-20(22-23-21)25-10-8-24(3)9-11-25/h4-7,16H,8-15H2,1-3H3. The number of likely N-dealkylation sites (N-methyl/N-ethyl adjacent to an activating group) is 1. The number of hydrogen-bond donors (Lipinski definition) is 0. The normalized spacial score (nSPS) is 19.3. The first kappa shape index (κ1) is 21.0. The van der Waals surface area contributed by atoms with Crippen molar-refractivity contribution in [2.24, 2.45) is 0 Å². The lowest BCUT2D eigenvalue weighted by Gasteiger charge is -2.35. The van der Waals surface area contributed by atoms with Crippen molar-refractivity contribution in [1.82, 2.24) is 19.4 Å². The van der Waals surface area contributed by atoms with Crippen LogP contribution in [-0.2, 0) is 10.0 Å². The number of aryl methyl sites for hydroxylation is 2. The van der Waals surface area contributed by atoms with Crippen LogP contribution in [0.3, 0.4) is 0 Å². The van der Waals surface area contributed by atoms with Gasteiger partial charge < -0.3 is 14.7 Å². The van der Waals surface area contributed by atoms with Crippen molar-refractivity contribution in [3.8, 4) is 0 Å². The summed E-state index contributed by atoms with van der Waals surface area (Å²) in [5.74, 6) is 1.71. The number of sulfonamides is 1. The van der Waals surface area contributed by atoms with Gasteiger partial charge in [0.15, 0.2) is 11.6 Å². The predicted octanol–water partition coefficient (Wildman–Crippen LogP) is 1.36. The number of benzene rings is 1. The van der Waals surface area contributed by atoms with E-state index in [9.17, 15) is 8.42 Å². The van der Waals surface area contributed by atoms with Crippen LogP contribution in [0.15, 0.2) is 35.2 Å². The van der Waals surface area contributed by atoms with Gasteiger partial charge in [0.05, 0.1) is 4.90 Å². The van der Waals surface area contributed by atoms with Crippen molar-refractivity contribution >= 4 is 21.7 Å². The van der Waals surface area contributed by atoms with Gasteiger partial charge in [-0.15, -0.1) is 10.2 Å². The fourth-order valence-electron chi connectivity index (χ4n) is 3.87. The van der Waals surface area contributed by atoms with E-state index < -0.39 is 10.0 Å². The van der Waals surface area contributed by atoms with Crippen LogP contribution in [0.2, 0.25) is 0 Å². The number of nitrogens with zero attached hydrogens (tertiary/aromatic N) is 6. The molecule has 0 saturated carbocycles. The van der Waals surface area contributed by atoms with E-state index in [-0.39, 0.29) is 0 Å². The summed E-state index contributed by atoms with van der Waals surface area (Å²) in [7, 11) is -1.34. The van der Waals surface area contributed by atoms with Crippen molar-refractivity contribution in [1.29, 1.82) is 0 Å². The largest absolute Gasteiger partial charge is 0.353 e. The summed E-state index contributed by atoms with van der Waals surface area (Å²) in [6.07, 6.45) is 0. The minimum Gasteiger partial charge on any atom is -0.353 e. The van der Waals surface area contributed by atoms with Gasteiger partial charge in [-0.25, -0.2) is 8.42 Å². The average molecular weight is 431 g/mol. The number of anilines is 2. The lowest BCUT2D eigenvalue weighted by molar-refractivity contribution is 0.312. The first-order valence-corrected chi connectivity index (χ1v) is 11.9. The van der Waals surface area contributed by atoms with E-state index in [0.29, 0.717) is 31.1 Å². The number of rotatable bonds is 4. The molecule has 1 aromatic carbocycles. The van der Waals surface area contributed by atoms with Crippen molar-refractivity contribution in [3.63, 3.8) is 0 Å². The van der Waals surface area contributed by atoms with Crippen LogP contribution in [0.25, 0.3) is 0 Å². The number of aromatic nitrogens is 2. The summed E-state index contributed by atoms with van der Waals surface area (Å²) in [5.41, 5.74) is 2.09. The minimum absolute atomic E-state index is 0.371. The highest BCUT2D eigenvalue weighted by molar-refractivity contribution is 7.89. The van der Waals surface area contributed by atoms with Gasteiger partial charge in [-0.1, -0.05) is 6.07 Å². The molecule has 2 aliphatic heterocycles. The Balaban J connectivity index is 1.39. The monoisotopic (exact) mass is 430 g/mol. The van der Waals surface area contributed by atoms with Crippen molar-refractivity contribution in [3.05, 3.63) is 41.5 Å². The lowest BCUT2D eigenvalue weighted by Crippen LogP contribution is -2.49. The highest BCUT2D eigenvalue weighted by Gasteiger charge is 2.29. The molecule has 2 fully saturated rings. The molecule has 0 radical (unpaired) electrons. The highest BCUT2D eigenvalue weighted by atomic mass is 32.2. The predicted molar refractivity (Wildman–Crippen MR) is 119 cm³/mol. The Labute approximate surface area is 179 Å². The molecule has 162 valence electrons. The summed E-state index contributed by atoms with van der Waals surface area (Å²) in [6, 6.07) is 9.35. The third-order valence-corrected chi connectivity index (χ3v) is 8.04. The molecular weight excluding hydrogens is 400 g/mol. The molecule has 2 aromatic rings. The Hall–Kier alpha value is -2.23. The molecule has 1 aromatic heterocycles. The molecule has 4 rings (SSSR count). The molecule has 0 bridgehead atoms. The molecule has 0 aliphatic carbocycles. The van der Waals surface area contributed by atoms with Crippen molar-refractivity contribution in [2.45, 2.75) is 18.7 Å². The van der Waals surface area contributed by atoms with Crippen LogP contribution in [0.1, 0.15) is 11.1 Å². The van der Waals surface area contributed by atoms with Gasteiger partial charge in [-0.05, 0) is 56.3 Å². The van der Waals surface area contributed by atoms with Crippen LogP contribution in [-0.4, -0.2) is 87.2 Å². The van der Waals surface area contributed by atoms with Gasteiger partial charge in [-0.3, -0.25) is 0 Å². The summed E-state index contributed by atoms with van der Waals surface area (Å²) in [4.78, 5) is 7.04. The summed E-state index contributed by atoms with van der Waals surface area (Å²) in [6.45, 7) is 9.99. The Morgan fingerprint density at radius 3 is 1.77 bits per heavy atom. The lowest BCUT2D eigenvalue weighted by atomic mass is 10.1. The summed E-state index contributed by atoms with van der Waals surface area (Å²) < 4.78 is 27.6. The van der Waals surface area contributed by atoms with Crippen LogP contribution in [0.5, 0.6) is 0 Å². The number of hydrogen-bond acceptors (Lipinski definition) is 7. The molecule has 30 heavy (non-hydrogen) atoms. The molecule has 0 amide bonds. The van der Waals surface area contributed by atoms with Gasteiger partial charge in [-0.2, -0.15) is 4.31 Å². The number of piperazine rings is 2. The van der Waals surface area contributed by atoms with E-state index >= 15 is 0 Å². The fourth-order valence-corrected chi connectivity index (χ4v) is 5.38. The molecule has 3 heterocycles. The SMILES string of the molecule is Cc1ccc(S(=O)(=O)N2CCN(c3ccc(N4CCN(C)CC4)nn3)CC2)cc1C. The maximum atomic E-state index is 13.0. The first-order valence-electron chi connectivity index (χ1n) is 10.4. The fraction of sp³-hybridized carbons (Fsp3) is 0.524. The Morgan fingerprint density at radius 1 is 0.733 bits per heavy atom. The van der Waals surface area contributed by atoms with Crippen LogP contribution >= 0.6 is 0 Å². The second-order valence-corrected chi connectivity index (χ2v) is 10.1. The third-order valence-electron chi connectivity index (χ3n) is 6.14. The Morgan fingerprint density at radius 2 is 1.27 bits per heavy atom. The maximum Gasteiger partial charge on any atom is 0.243 e. The van der Waals surface area contributed by atoms with Crippen LogP contribution in [0, 0.1) is 13.8 Å². The van der Waals surface area contributed by atoms with E-state index in [4.69, 9.17) is 0 Å². The Kier molecular flexibility index (Phi) is 5.95. The second kappa shape index (κ2) is 8.49. The molecule has 2 saturated heterocycles. The molecular formula is C21H30N6O2S. The van der Waals surface area contributed by atoms with Crippen LogP contribution in [0.4, 0.5) is 11.6 Å². The topological polar surface area (TPSA) is 72.9 Å². The molecule has 0 spiro atoms. The molecule has 0 atom stereocenters. The highest BCUT2D eigenvalue weighted by Crippen LogP contribution is 2.22. The zero-order chi connectivity index (χ0) is 21.3. The quantitative estimate of drug-likeness (QED) is 0.725. The second-order valence-electron chi connectivity index (χ2n) is 8.18. The summed E-state index contributed by atoms with van der Waals surface area (Å²) in [5, 5.41) is 8.84. The van der Waals surface area contributed by atoms with Crippen molar-refractivity contribution < 1.29 is 8.42 Å². The molecule has 0 N–H and O–H groups in total. The molecule has 0 unspecified atom stereocenters. The van der Waals surface area contributed by atoms with Gasteiger partial charge in [0.2, 0.25) is 10.0 Å². The van der Waals surface area contributed by atoms with Gasteiger partial charge in [0.1, 0.15) is 0 Å². The van der Waals surface area contributed by atoms with E-state index in [0.717, 1.165) is 48.9 Å². The minimum atomic E-state index is -3.47. The smallest absolute Gasteiger partial charge is 0.243 e. The van der Waals surface area contributed by atoms with E-state index in [1.165, 1.54) is 0 Å². The van der Waals surface area contributed by atoms with Gasteiger partial charge in [0.25, 0.3) is 0 Å². The van der Waals surface area contributed by atoms with Gasteiger partial charge >= 0.3 is 0 Å². The molecule has 8 nitrogen and oxygen atoms in total. The average Bonchev–Trinajstić information content (AvgIpc) is 2.76. The maximum absolute atomic E-state index is 13.0. The van der Waals surface area contributed by atoms with Gasteiger partial charge in [0, 0.05) is 52.4 Å². The summed E-state index contributed by atoms with van der Waals surface area (Å²) >= 11 is 0. The zero-order valence-electron chi connectivity index (χ0n) is 18.0. The Bertz CT molecular complexity index is 979. The third kappa shape index (κ3) is 4.28. The zero-order valence-corrected chi connectivity index (χ0v) is 18.8. The van der Waals surface area contributed by atoms with Crippen LogP contribution < -0.4 is 9.80 Å². The van der Waals surface area contributed by atoms with Crippen molar-refractivity contribution in [2.75, 3.05) is 69.2 Å². The van der Waals surface area contributed by atoms with E-state index in [2.05, 4.69) is 31.9 Å². The first-order chi connectivity index (χ1) is 14.3.